The average molecular weight is 366 g/mol. The van der Waals surface area contributed by atoms with Gasteiger partial charge in [-0.3, -0.25) is 9.59 Å². The van der Waals surface area contributed by atoms with Gasteiger partial charge in [0.05, 0.1) is 24.0 Å². The topological polar surface area (TPSA) is 61.8 Å². The van der Waals surface area contributed by atoms with Crippen LogP contribution in [-0.2, 0) is 14.3 Å². The zero-order chi connectivity index (χ0) is 18.6. The van der Waals surface area contributed by atoms with Crippen molar-refractivity contribution in [3.05, 3.63) is 60.7 Å². The van der Waals surface area contributed by atoms with E-state index in [1.807, 2.05) is 36.4 Å². The average Bonchev–Trinajstić information content (AvgIpc) is 2.70. The maximum atomic E-state index is 12.5. The summed E-state index contributed by atoms with van der Waals surface area (Å²) >= 11 is 0. The first-order valence-electron chi connectivity index (χ1n) is 9.39. The minimum atomic E-state index is -0.285. The number of esters is 2. The molecule has 5 nitrogen and oxygen atoms in total. The number of para-hydroxylation sites is 2. The van der Waals surface area contributed by atoms with Crippen molar-refractivity contribution in [1.29, 1.82) is 0 Å². The molecule has 4 unspecified atom stereocenters. The van der Waals surface area contributed by atoms with Gasteiger partial charge in [-0.1, -0.05) is 36.4 Å². The van der Waals surface area contributed by atoms with E-state index < -0.39 is 0 Å². The molecule has 5 heteroatoms. The van der Waals surface area contributed by atoms with Crippen LogP contribution in [0.1, 0.15) is 25.7 Å². The standard InChI is InChI=1S/C22H22O5/c23-21(25-15-7-3-1-4-8-15)17-11-13-20-18(12-14-19(17)27-20)22(24)26-16-9-5-2-6-10-16/h1-10,17-20H,11-14H2. The Hall–Kier alpha value is -2.66. The van der Waals surface area contributed by atoms with Gasteiger partial charge in [0.2, 0.25) is 0 Å². The van der Waals surface area contributed by atoms with Crippen LogP contribution in [0.4, 0.5) is 0 Å². The molecule has 0 radical (unpaired) electrons. The van der Waals surface area contributed by atoms with Gasteiger partial charge in [0.1, 0.15) is 11.5 Å². The SMILES string of the molecule is O=C(Oc1ccccc1)C1CCC2OC1CCC2C(=O)Oc1ccccc1. The van der Waals surface area contributed by atoms with Gasteiger partial charge in [-0.15, -0.1) is 0 Å². The Morgan fingerprint density at radius 3 is 1.48 bits per heavy atom. The van der Waals surface area contributed by atoms with Crippen molar-refractivity contribution < 1.29 is 23.8 Å². The summed E-state index contributed by atoms with van der Waals surface area (Å²) in [4.78, 5) is 25.1. The first kappa shape index (κ1) is 17.7. The maximum absolute atomic E-state index is 12.5. The summed E-state index contributed by atoms with van der Waals surface area (Å²) in [7, 11) is 0. The summed E-state index contributed by atoms with van der Waals surface area (Å²) in [5, 5.41) is 0. The monoisotopic (exact) mass is 366 g/mol. The van der Waals surface area contributed by atoms with Gasteiger partial charge >= 0.3 is 11.9 Å². The normalized spacial score (nSPS) is 26.8. The summed E-state index contributed by atoms with van der Waals surface area (Å²) in [5.41, 5.74) is 0. The first-order chi connectivity index (χ1) is 13.2. The number of benzene rings is 2. The van der Waals surface area contributed by atoms with E-state index in [1.54, 1.807) is 24.3 Å². The molecule has 4 rings (SSSR count). The van der Waals surface area contributed by atoms with Crippen LogP contribution in [0, 0.1) is 11.8 Å². The molecule has 2 fully saturated rings. The van der Waals surface area contributed by atoms with Crippen LogP contribution in [0.2, 0.25) is 0 Å². The second kappa shape index (κ2) is 7.92. The van der Waals surface area contributed by atoms with E-state index in [-0.39, 0.29) is 36.0 Å². The van der Waals surface area contributed by atoms with E-state index in [1.165, 1.54) is 0 Å². The third kappa shape index (κ3) is 4.03. The molecule has 2 heterocycles. The predicted molar refractivity (Wildman–Crippen MR) is 98.3 cm³/mol. The Morgan fingerprint density at radius 1 is 0.667 bits per heavy atom. The van der Waals surface area contributed by atoms with Gasteiger partial charge in [0, 0.05) is 0 Å². The van der Waals surface area contributed by atoms with E-state index in [2.05, 4.69) is 0 Å². The van der Waals surface area contributed by atoms with Crippen molar-refractivity contribution in [3.8, 4) is 11.5 Å². The van der Waals surface area contributed by atoms with Gasteiger partial charge in [-0.25, -0.2) is 0 Å². The van der Waals surface area contributed by atoms with E-state index in [0.29, 0.717) is 37.2 Å². The maximum Gasteiger partial charge on any atom is 0.316 e. The van der Waals surface area contributed by atoms with Crippen molar-refractivity contribution in [3.63, 3.8) is 0 Å². The summed E-state index contributed by atoms with van der Waals surface area (Å²) < 4.78 is 17.0. The highest BCUT2D eigenvalue weighted by Crippen LogP contribution is 2.39. The van der Waals surface area contributed by atoms with Gasteiger partial charge < -0.3 is 14.2 Å². The van der Waals surface area contributed by atoms with E-state index >= 15 is 0 Å². The molecule has 2 saturated heterocycles. The van der Waals surface area contributed by atoms with E-state index in [0.717, 1.165) is 0 Å². The number of carbonyl (C=O) groups is 2. The van der Waals surface area contributed by atoms with Crippen molar-refractivity contribution >= 4 is 11.9 Å². The summed E-state index contributed by atoms with van der Waals surface area (Å²) in [5.74, 6) is 0.0134. The van der Waals surface area contributed by atoms with Crippen LogP contribution in [0.15, 0.2) is 60.7 Å². The molecular weight excluding hydrogens is 344 g/mol. The number of carbonyl (C=O) groups excluding carboxylic acids is 2. The molecule has 0 spiro atoms. The summed E-state index contributed by atoms with van der Waals surface area (Å²) in [6.45, 7) is 0. The van der Waals surface area contributed by atoms with Crippen molar-refractivity contribution in [2.75, 3.05) is 0 Å². The first-order valence-corrected chi connectivity index (χ1v) is 9.39. The van der Waals surface area contributed by atoms with Crippen LogP contribution in [0.5, 0.6) is 11.5 Å². The highest BCUT2D eigenvalue weighted by Gasteiger charge is 2.46. The quantitative estimate of drug-likeness (QED) is 0.609. The Balaban J connectivity index is 1.35. The Labute approximate surface area is 158 Å². The number of hydrogen-bond acceptors (Lipinski definition) is 5. The third-order valence-electron chi connectivity index (χ3n) is 5.30. The molecule has 0 saturated carbocycles. The fourth-order valence-electron chi connectivity index (χ4n) is 3.91. The lowest BCUT2D eigenvalue weighted by molar-refractivity contribution is -0.178. The fraction of sp³-hybridized carbons (Fsp3) is 0.364. The molecular formula is C22H22O5. The van der Waals surface area contributed by atoms with Crippen LogP contribution in [0.25, 0.3) is 0 Å². The van der Waals surface area contributed by atoms with E-state index in [4.69, 9.17) is 14.2 Å². The lowest BCUT2D eigenvalue weighted by Gasteiger charge is -2.42. The minimum absolute atomic E-state index is 0.194. The van der Waals surface area contributed by atoms with E-state index in [9.17, 15) is 9.59 Å². The van der Waals surface area contributed by atoms with Gasteiger partial charge in [0.25, 0.3) is 0 Å². The second-order valence-corrected chi connectivity index (χ2v) is 7.05. The van der Waals surface area contributed by atoms with Gasteiger partial charge in [-0.05, 0) is 49.9 Å². The smallest absolute Gasteiger partial charge is 0.316 e. The Bertz CT molecular complexity index is 721. The molecule has 0 aromatic heterocycles. The van der Waals surface area contributed by atoms with Gasteiger partial charge in [0.15, 0.2) is 0 Å². The van der Waals surface area contributed by atoms with Crippen LogP contribution < -0.4 is 9.47 Å². The largest absolute Gasteiger partial charge is 0.426 e. The highest BCUT2D eigenvalue weighted by atomic mass is 16.6. The summed E-state index contributed by atoms with van der Waals surface area (Å²) in [6.07, 6.45) is 2.24. The van der Waals surface area contributed by atoms with Crippen molar-refractivity contribution in [1.82, 2.24) is 0 Å². The van der Waals surface area contributed by atoms with Crippen LogP contribution in [-0.4, -0.2) is 24.1 Å². The third-order valence-corrected chi connectivity index (χ3v) is 5.30. The highest BCUT2D eigenvalue weighted by molar-refractivity contribution is 5.77. The molecule has 0 amide bonds. The van der Waals surface area contributed by atoms with Crippen molar-refractivity contribution in [2.24, 2.45) is 11.8 Å². The van der Waals surface area contributed by atoms with Crippen LogP contribution in [0.3, 0.4) is 0 Å². The number of fused-ring (bicyclic) bond motifs is 2. The molecule has 2 bridgehead atoms. The molecule has 2 aliphatic heterocycles. The number of ether oxygens (including phenoxy) is 3. The van der Waals surface area contributed by atoms with Crippen LogP contribution >= 0.6 is 0 Å². The van der Waals surface area contributed by atoms with Gasteiger partial charge in [-0.2, -0.15) is 0 Å². The predicted octanol–water partition coefficient (Wildman–Crippen LogP) is 3.77. The Kier molecular flexibility index (Phi) is 5.21. The van der Waals surface area contributed by atoms with Crippen molar-refractivity contribution in [2.45, 2.75) is 37.9 Å². The Morgan fingerprint density at radius 2 is 1.07 bits per heavy atom. The minimum Gasteiger partial charge on any atom is -0.426 e. The molecule has 4 atom stereocenters. The second-order valence-electron chi connectivity index (χ2n) is 7.05. The lowest BCUT2D eigenvalue weighted by atomic mass is 9.78. The zero-order valence-electron chi connectivity index (χ0n) is 15.0. The molecule has 0 aliphatic carbocycles. The number of hydrogen-bond donors (Lipinski definition) is 0. The molecule has 27 heavy (non-hydrogen) atoms. The summed E-state index contributed by atoms with van der Waals surface area (Å²) in [6, 6.07) is 18.1. The molecule has 2 aromatic carbocycles. The fourth-order valence-corrected chi connectivity index (χ4v) is 3.91. The molecule has 0 N–H and O–H groups in total. The number of rotatable bonds is 4. The lowest BCUT2D eigenvalue weighted by Crippen LogP contribution is -2.49. The zero-order valence-corrected chi connectivity index (χ0v) is 15.0. The molecule has 140 valence electrons. The molecule has 2 aliphatic rings. The molecule has 2 aromatic rings.